The van der Waals surface area contributed by atoms with Crippen LogP contribution in [0.2, 0.25) is 0 Å². The van der Waals surface area contributed by atoms with Crippen molar-refractivity contribution in [3.63, 3.8) is 0 Å². The van der Waals surface area contributed by atoms with Gasteiger partial charge < -0.3 is 14.2 Å². The lowest BCUT2D eigenvalue weighted by Gasteiger charge is -2.15. The van der Waals surface area contributed by atoms with Crippen molar-refractivity contribution in [1.82, 2.24) is 0 Å². The number of methoxy groups -OCH3 is 2. The fourth-order valence-electron chi connectivity index (χ4n) is 1.45. The van der Waals surface area contributed by atoms with Crippen LogP contribution in [0.1, 0.15) is 17.9 Å². The highest BCUT2D eigenvalue weighted by Crippen LogP contribution is 2.37. The van der Waals surface area contributed by atoms with Crippen LogP contribution in [0.3, 0.4) is 0 Å². The first-order chi connectivity index (χ1) is 8.15. The van der Waals surface area contributed by atoms with Crippen molar-refractivity contribution in [2.75, 3.05) is 20.8 Å². The molecule has 0 aliphatic rings. The van der Waals surface area contributed by atoms with E-state index in [1.54, 1.807) is 25.1 Å². The number of ether oxygens (including phenoxy) is 3. The molecule has 0 heterocycles. The smallest absolute Gasteiger partial charge is 0.328 e. The van der Waals surface area contributed by atoms with Crippen molar-refractivity contribution >= 4 is 17.6 Å². The van der Waals surface area contributed by atoms with E-state index >= 15 is 0 Å². The Morgan fingerprint density at radius 3 is 2.59 bits per heavy atom. The van der Waals surface area contributed by atoms with Gasteiger partial charge in [0.05, 0.1) is 20.8 Å². The fourth-order valence-corrected chi connectivity index (χ4v) is 1.69. The molecule has 0 aliphatic heterocycles. The highest BCUT2D eigenvalue weighted by molar-refractivity contribution is 6.30. The minimum Gasteiger partial charge on any atom is -0.493 e. The lowest BCUT2D eigenvalue weighted by atomic mass is 10.1. The van der Waals surface area contributed by atoms with Gasteiger partial charge in [-0.25, -0.2) is 0 Å². The Balaban J connectivity index is 3.08. The molecule has 0 aromatic heterocycles. The maximum Gasteiger partial charge on any atom is 0.328 e. The molecule has 0 radical (unpaired) electrons. The summed E-state index contributed by atoms with van der Waals surface area (Å²) in [5.41, 5.74) is 0.534. The predicted molar refractivity (Wildman–Crippen MR) is 64.8 cm³/mol. The van der Waals surface area contributed by atoms with Crippen LogP contribution in [-0.4, -0.2) is 26.8 Å². The van der Waals surface area contributed by atoms with E-state index in [1.165, 1.54) is 14.2 Å². The van der Waals surface area contributed by atoms with Crippen LogP contribution in [0.25, 0.3) is 0 Å². The van der Waals surface area contributed by atoms with Crippen LogP contribution >= 0.6 is 11.6 Å². The minimum atomic E-state index is -0.903. The number of halogens is 1. The number of benzene rings is 1. The number of rotatable bonds is 5. The topological polar surface area (TPSA) is 44.8 Å². The summed E-state index contributed by atoms with van der Waals surface area (Å²) in [7, 11) is 3.02. The van der Waals surface area contributed by atoms with Gasteiger partial charge in [0.25, 0.3) is 0 Å². The fraction of sp³-hybridized carbons (Fsp3) is 0.417. The predicted octanol–water partition coefficient (Wildman–Crippen LogP) is 2.55. The molecular weight excluding hydrogens is 244 g/mol. The van der Waals surface area contributed by atoms with Crippen LogP contribution in [0.5, 0.6) is 11.5 Å². The lowest BCUT2D eigenvalue weighted by Crippen LogP contribution is -2.12. The molecule has 1 aromatic rings. The van der Waals surface area contributed by atoms with Gasteiger partial charge >= 0.3 is 5.97 Å². The monoisotopic (exact) mass is 258 g/mol. The van der Waals surface area contributed by atoms with E-state index in [0.717, 1.165) is 0 Å². The van der Waals surface area contributed by atoms with Crippen molar-refractivity contribution < 1.29 is 19.0 Å². The van der Waals surface area contributed by atoms with Crippen molar-refractivity contribution in [3.05, 3.63) is 23.8 Å². The second kappa shape index (κ2) is 6.35. The molecule has 0 N–H and O–H groups in total. The molecule has 0 amide bonds. The van der Waals surface area contributed by atoms with Gasteiger partial charge in [-0.15, -0.1) is 11.6 Å². The summed E-state index contributed by atoms with van der Waals surface area (Å²) in [6, 6.07) is 5.18. The van der Waals surface area contributed by atoms with E-state index in [0.29, 0.717) is 17.1 Å². The van der Waals surface area contributed by atoms with E-state index in [2.05, 4.69) is 0 Å². The van der Waals surface area contributed by atoms with E-state index in [9.17, 15) is 4.79 Å². The van der Waals surface area contributed by atoms with Gasteiger partial charge in [-0.2, -0.15) is 0 Å². The van der Waals surface area contributed by atoms with Gasteiger partial charge in [-0.1, -0.05) is 12.1 Å². The van der Waals surface area contributed by atoms with Crippen LogP contribution in [-0.2, 0) is 9.53 Å². The molecule has 0 bridgehead atoms. The van der Waals surface area contributed by atoms with Gasteiger partial charge in [0.15, 0.2) is 16.9 Å². The van der Waals surface area contributed by atoms with E-state index in [1.807, 2.05) is 0 Å². The molecule has 0 saturated carbocycles. The van der Waals surface area contributed by atoms with Gasteiger partial charge in [0.1, 0.15) is 0 Å². The number of hydrogen-bond acceptors (Lipinski definition) is 4. The molecule has 0 fully saturated rings. The number of carbonyl (C=O) groups excluding carboxylic acids is 1. The Morgan fingerprint density at radius 2 is 2.06 bits per heavy atom. The maximum atomic E-state index is 11.6. The van der Waals surface area contributed by atoms with Gasteiger partial charge in [0, 0.05) is 5.56 Å². The Bertz CT molecular complexity index is 392. The van der Waals surface area contributed by atoms with Crippen LogP contribution in [0, 0.1) is 0 Å². The second-order valence-corrected chi connectivity index (χ2v) is 3.63. The third-order valence-corrected chi connectivity index (χ3v) is 2.61. The van der Waals surface area contributed by atoms with Crippen LogP contribution in [0.4, 0.5) is 0 Å². The van der Waals surface area contributed by atoms with Crippen LogP contribution in [0.15, 0.2) is 18.2 Å². The summed E-state index contributed by atoms with van der Waals surface area (Å²) in [4.78, 5) is 11.6. The summed E-state index contributed by atoms with van der Waals surface area (Å²) in [5.74, 6) is 0.476. The molecule has 0 aliphatic carbocycles. The Hall–Kier alpha value is -1.42. The minimum absolute atomic E-state index is 0.286. The van der Waals surface area contributed by atoms with E-state index in [4.69, 9.17) is 25.8 Å². The van der Waals surface area contributed by atoms with Crippen molar-refractivity contribution in [2.24, 2.45) is 0 Å². The van der Waals surface area contributed by atoms with E-state index in [-0.39, 0.29) is 6.61 Å². The molecule has 5 heteroatoms. The zero-order valence-corrected chi connectivity index (χ0v) is 10.8. The van der Waals surface area contributed by atoms with E-state index < -0.39 is 11.3 Å². The highest BCUT2D eigenvalue weighted by atomic mass is 35.5. The molecule has 0 spiro atoms. The Kier molecular flexibility index (Phi) is 5.10. The summed E-state index contributed by atoms with van der Waals surface area (Å²) >= 11 is 6.04. The first-order valence-corrected chi connectivity index (χ1v) is 5.60. The zero-order valence-electron chi connectivity index (χ0n) is 10.0. The molecule has 4 nitrogen and oxygen atoms in total. The maximum absolute atomic E-state index is 11.6. The standard InChI is InChI=1S/C12H15ClO4/c1-4-17-12(14)10(13)8-6-5-7-9(15-2)11(8)16-3/h5-7,10H,4H2,1-3H3. The first kappa shape index (κ1) is 13.6. The average molecular weight is 259 g/mol. The Labute approximate surface area is 105 Å². The number of carbonyl (C=O) groups is 1. The van der Waals surface area contributed by atoms with Crippen molar-refractivity contribution in [2.45, 2.75) is 12.3 Å². The largest absolute Gasteiger partial charge is 0.493 e. The first-order valence-electron chi connectivity index (χ1n) is 5.17. The molecular formula is C12H15ClO4. The summed E-state index contributed by atoms with van der Waals surface area (Å²) < 4.78 is 15.2. The number of esters is 1. The van der Waals surface area contributed by atoms with Crippen molar-refractivity contribution in [3.8, 4) is 11.5 Å². The number of alkyl halides is 1. The summed E-state index contributed by atoms with van der Waals surface area (Å²) in [6.45, 7) is 2.01. The molecule has 1 unspecified atom stereocenters. The molecule has 94 valence electrons. The zero-order chi connectivity index (χ0) is 12.8. The average Bonchev–Trinajstić information content (AvgIpc) is 2.36. The lowest BCUT2D eigenvalue weighted by molar-refractivity contribution is -0.142. The Morgan fingerprint density at radius 1 is 1.35 bits per heavy atom. The number of hydrogen-bond donors (Lipinski definition) is 0. The molecule has 17 heavy (non-hydrogen) atoms. The molecule has 1 aromatic carbocycles. The number of para-hydroxylation sites is 1. The van der Waals surface area contributed by atoms with Crippen LogP contribution < -0.4 is 9.47 Å². The van der Waals surface area contributed by atoms with Crippen molar-refractivity contribution in [1.29, 1.82) is 0 Å². The molecule has 0 saturated heterocycles. The van der Waals surface area contributed by atoms with Gasteiger partial charge in [0.2, 0.25) is 0 Å². The molecule has 1 rings (SSSR count). The second-order valence-electron chi connectivity index (χ2n) is 3.20. The normalized spacial score (nSPS) is 11.8. The molecule has 1 atom stereocenters. The quantitative estimate of drug-likeness (QED) is 0.601. The summed E-state index contributed by atoms with van der Waals surface area (Å²) in [5, 5.41) is -0.903. The van der Waals surface area contributed by atoms with Gasteiger partial charge in [-0.3, -0.25) is 4.79 Å². The van der Waals surface area contributed by atoms with Gasteiger partial charge in [-0.05, 0) is 13.0 Å². The summed E-state index contributed by atoms with van der Waals surface area (Å²) in [6.07, 6.45) is 0. The third-order valence-electron chi connectivity index (χ3n) is 2.20. The SMILES string of the molecule is CCOC(=O)C(Cl)c1cccc(OC)c1OC. The highest BCUT2D eigenvalue weighted by Gasteiger charge is 2.24. The third kappa shape index (κ3) is 3.03.